The van der Waals surface area contributed by atoms with Crippen molar-refractivity contribution in [2.75, 3.05) is 11.9 Å². The number of hydroxylamine groups is 1. The summed E-state index contributed by atoms with van der Waals surface area (Å²) in [4.78, 5) is 12.9. The second-order valence-electron chi connectivity index (χ2n) is 5.42. The first kappa shape index (κ1) is 18.5. The molecule has 0 unspecified atom stereocenters. The second kappa shape index (κ2) is 7.85. The standard InChI is InChI=1S/C18H17F3N2O2/c1-23(12-13-5-4-7-15(11-13)18(19,20)21)16-8-3-2-6-14(16)9-10-17(24)22-25/h2-11,25H,12H2,1H3,(H,22,24). The highest BCUT2D eigenvalue weighted by atomic mass is 19.4. The molecule has 0 saturated carbocycles. The summed E-state index contributed by atoms with van der Waals surface area (Å²) >= 11 is 0. The Hall–Kier alpha value is -2.80. The fourth-order valence-electron chi connectivity index (χ4n) is 2.38. The molecular weight excluding hydrogens is 333 g/mol. The van der Waals surface area contributed by atoms with Gasteiger partial charge in [0.05, 0.1) is 5.56 Å². The van der Waals surface area contributed by atoms with Crippen molar-refractivity contribution < 1.29 is 23.2 Å². The second-order valence-corrected chi connectivity index (χ2v) is 5.42. The predicted octanol–water partition coefficient (Wildman–Crippen LogP) is 3.86. The van der Waals surface area contributed by atoms with E-state index in [9.17, 15) is 18.0 Å². The zero-order valence-electron chi connectivity index (χ0n) is 13.4. The van der Waals surface area contributed by atoms with Crippen molar-refractivity contribution in [2.24, 2.45) is 0 Å². The number of carbonyl (C=O) groups excluding carboxylic acids is 1. The van der Waals surface area contributed by atoms with Crippen LogP contribution in [0.15, 0.2) is 54.6 Å². The molecular formula is C18H17F3N2O2. The molecule has 0 heterocycles. The number of halogens is 3. The van der Waals surface area contributed by atoms with Gasteiger partial charge in [-0.25, -0.2) is 5.48 Å². The molecule has 4 nitrogen and oxygen atoms in total. The Labute approximate surface area is 143 Å². The molecule has 132 valence electrons. The van der Waals surface area contributed by atoms with E-state index >= 15 is 0 Å². The zero-order valence-corrected chi connectivity index (χ0v) is 13.4. The van der Waals surface area contributed by atoms with Crippen LogP contribution in [0.2, 0.25) is 0 Å². The number of anilines is 1. The van der Waals surface area contributed by atoms with Gasteiger partial charge in [-0.05, 0) is 35.4 Å². The van der Waals surface area contributed by atoms with Gasteiger partial charge >= 0.3 is 6.18 Å². The Morgan fingerprint density at radius 2 is 1.92 bits per heavy atom. The van der Waals surface area contributed by atoms with E-state index in [1.165, 1.54) is 17.6 Å². The first-order valence-corrected chi connectivity index (χ1v) is 7.39. The number of nitrogens with one attached hydrogen (secondary N) is 1. The van der Waals surface area contributed by atoms with Crippen LogP contribution in [-0.4, -0.2) is 18.2 Å². The highest BCUT2D eigenvalue weighted by Gasteiger charge is 2.30. The van der Waals surface area contributed by atoms with Gasteiger partial charge in [0, 0.05) is 25.4 Å². The van der Waals surface area contributed by atoms with E-state index in [0.29, 0.717) is 11.1 Å². The third kappa shape index (κ3) is 5.09. The van der Waals surface area contributed by atoms with E-state index in [-0.39, 0.29) is 6.54 Å². The van der Waals surface area contributed by atoms with Crippen LogP contribution < -0.4 is 10.4 Å². The molecule has 0 atom stereocenters. The van der Waals surface area contributed by atoms with Crippen LogP contribution in [0.5, 0.6) is 0 Å². The molecule has 0 aliphatic heterocycles. The van der Waals surface area contributed by atoms with Crippen molar-refractivity contribution in [1.29, 1.82) is 0 Å². The van der Waals surface area contributed by atoms with Gasteiger partial charge in [-0.2, -0.15) is 13.2 Å². The molecule has 0 bridgehead atoms. The molecule has 0 saturated heterocycles. The Morgan fingerprint density at radius 3 is 2.60 bits per heavy atom. The van der Waals surface area contributed by atoms with Crippen LogP contribution in [0.3, 0.4) is 0 Å². The van der Waals surface area contributed by atoms with E-state index in [0.717, 1.165) is 23.9 Å². The fourth-order valence-corrected chi connectivity index (χ4v) is 2.38. The monoisotopic (exact) mass is 350 g/mol. The summed E-state index contributed by atoms with van der Waals surface area (Å²) in [6, 6.07) is 12.3. The van der Waals surface area contributed by atoms with Crippen molar-refractivity contribution in [3.8, 4) is 0 Å². The molecule has 2 aromatic carbocycles. The Balaban J connectivity index is 2.23. The van der Waals surface area contributed by atoms with Crippen molar-refractivity contribution in [1.82, 2.24) is 5.48 Å². The fraction of sp³-hybridized carbons (Fsp3) is 0.167. The van der Waals surface area contributed by atoms with E-state index < -0.39 is 17.6 Å². The largest absolute Gasteiger partial charge is 0.416 e. The maximum absolute atomic E-state index is 12.8. The van der Waals surface area contributed by atoms with Gasteiger partial charge in [0.2, 0.25) is 0 Å². The normalized spacial score (nSPS) is 11.6. The molecule has 0 fully saturated rings. The number of rotatable bonds is 5. The maximum atomic E-state index is 12.8. The van der Waals surface area contributed by atoms with E-state index in [2.05, 4.69) is 0 Å². The molecule has 0 aromatic heterocycles. The van der Waals surface area contributed by atoms with Crippen LogP contribution in [-0.2, 0) is 17.5 Å². The highest BCUT2D eigenvalue weighted by Crippen LogP contribution is 2.30. The first-order valence-electron chi connectivity index (χ1n) is 7.39. The summed E-state index contributed by atoms with van der Waals surface area (Å²) < 4.78 is 38.5. The molecule has 0 radical (unpaired) electrons. The highest BCUT2D eigenvalue weighted by molar-refractivity contribution is 5.91. The van der Waals surface area contributed by atoms with Gasteiger partial charge in [0.25, 0.3) is 5.91 Å². The van der Waals surface area contributed by atoms with Gasteiger partial charge in [-0.3, -0.25) is 10.0 Å². The summed E-state index contributed by atoms with van der Waals surface area (Å²) in [6.45, 7) is 0.265. The average Bonchev–Trinajstić information content (AvgIpc) is 2.59. The summed E-state index contributed by atoms with van der Waals surface area (Å²) in [7, 11) is 1.75. The van der Waals surface area contributed by atoms with Crippen LogP contribution in [0.25, 0.3) is 6.08 Å². The zero-order chi connectivity index (χ0) is 18.4. The molecule has 0 spiro atoms. The lowest BCUT2D eigenvalue weighted by Gasteiger charge is -2.22. The summed E-state index contributed by atoms with van der Waals surface area (Å²) in [5.41, 5.74) is 2.76. The number of hydrogen-bond acceptors (Lipinski definition) is 3. The summed E-state index contributed by atoms with van der Waals surface area (Å²) in [6.07, 6.45) is -1.70. The number of hydrogen-bond donors (Lipinski definition) is 2. The van der Waals surface area contributed by atoms with Gasteiger partial charge in [0.1, 0.15) is 0 Å². The summed E-state index contributed by atoms with van der Waals surface area (Å²) in [5, 5.41) is 8.52. The van der Waals surface area contributed by atoms with Crippen molar-refractivity contribution in [3.63, 3.8) is 0 Å². The number of para-hydroxylation sites is 1. The van der Waals surface area contributed by atoms with Gasteiger partial charge in [0.15, 0.2) is 0 Å². The van der Waals surface area contributed by atoms with E-state index in [1.807, 2.05) is 0 Å². The minimum atomic E-state index is -4.38. The topological polar surface area (TPSA) is 52.6 Å². The minimum absolute atomic E-state index is 0.265. The quantitative estimate of drug-likeness (QED) is 0.489. The van der Waals surface area contributed by atoms with Crippen LogP contribution in [0.1, 0.15) is 16.7 Å². The van der Waals surface area contributed by atoms with E-state index in [1.54, 1.807) is 42.3 Å². The van der Waals surface area contributed by atoms with Crippen molar-refractivity contribution >= 4 is 17.7 Å². The van der Waals surface area contributed by atoms with Crippen LogP contribution in [0, 0.1) is 0 Å². The van der Waals surface area contributed by atoms with Gasteiger partial charge < -0.3 is 4.90 Å². The van der Waals surface area contributed by atoms with Gasteiger partial charge in [-0.15, -0.1) is 0 Å². The van der Waals surface area contributed by atoms with Gasteiger partial charge in [-0.1, -0.05) is 30.3 Å². The van der Waals surface area contributed by atoms with Crippen LogP contribution in [0.4, 0.5) is 18.9 Å². The molecule has 25 heavy (non-hydrogen) atoms. The molecule has 1 amide bonds. The molecule has 7 heteroatoms. The third-order valence-corrected chi connectivity index (χ3v) is 3.55. The minimum Gasteiger partial charge on any atom is -0.370 e. The number of alkyl halides is 3. The van der Waals surface area contributed by atoms with Crippen molar-refractivity contribution in [2.45, 2.75) is 12.7 Å². The lowest BCUT2D eigenvalue weighted by molar-refractivity contribution is -0.137. The number of carbonyl (C=O) groups is 1. The summed E-state index contributed by atoms with van der Waals surface area (Å²) in [5.74, 6) is -0.671. The molecule has 2 aromatic rings. The SMILES string of the molecule is CN(Cc1cccc(C(F)(F)F)c1)c1ccccc1C=CC(=O)NO. The number of benzene rings is 2. The Morgan fingerprint density at radius 1 is 1.20 bits per heavy atom. The first-order chi connectivity index (χ1) is 11.8. The lowest BCUT2D eigenvalue weighted by Crippen LogP contribution is -2.18. The van der Waals surface area contributed by atoms with Crippen LogP contribution >= 0.6 is 0 Å². The Kier molecular flexibility index (Phi) is 5.82. The molecule has 0 aliphatic carbocycles. The molecule has 2 N–H and O–H groups in total. The maximum Gasteiger partial charge on any atom is 0.416 e. The lowest BCUT2D eigenvalue weighted by atomic mass is 10.1. The number of nitrogens with zero attached hydrogens (tertiary/aromatic N) is 1. The smallest absolute Gasteiger partial charge is 0.370 e. The molecule has 0 aliphatic rings. The van der Waals surface area contributed by atoms with Crippen molar-refractivity contribution in [3.05, 3.63) is 71.3 Å². The average molecular weight is 350 g/mol. The molecule has 2 rings (SSSR count). The predicted molar refractivity (Wildman–Crippen MR) is 89.0 cm³/mol. The number of amides is 1. The Bertz CT molecular complexity index is 773. The van der Waals surface area contributed by atoms with E-state index in [4.69, 9.17) is 5.21 Å². The third-order valence-electron chi connectivity index (χ3n) is 3.55.